The first-order valence-corrected chi connectivity index (χ1v) is 7.66. The molecule has 2 rings (SSSR count). The number of rotatable bonds is 5. The van der Waals surface area contributed by atoms with Crippen LogP contribution in [0.2, 0.25) is 0 Å². The van der Waals surface area contributed by atoms with Gasteiger partial charge in [0.25, 0.3) is 0 Å². The molecule has 2 atom stereocenters. The van der Waals surface area contributed by atoms with Crippen LogP contribution >= 0.6 is 0 Å². The molecule has 110 valence electrons. The van der Waals surface area contributed by atoms with Gasteiger partial charge in [0.1, 0.15) is 5.82 Å². The number of carbonyl (C=O) groups is 1. The van der Waals surface area contributed by atoms with Gasteiger partial charge in [-0.25, -0.2) is 21.9 Å². The van der Waals surface area contributed by atoms with Gasteiger partial charge in [0, 0.05) is 13.6 Å². The van der Waals surface area contributed by atoms with Gasteiger partial charge in [-0.1, -0.05) is 6.92 Å². The Labute approximate surface area is 117 Å². The average molecular weight is 301 g/mol. The number of carboxylic acid groups (broad SMARTS) is 1. The lowest BCUT2D eigenvalue weighted by Crippen LogP contribution is -2.30. The van der Waals surface area contributed by atoms with E-state index in [1.807, 2.05) is 6.92 Å². The third-order valence-corrected chi connectivity index (χ3v) is 5.49. The third-order valence-electron chi connectivity index (χ3n) is 3.63. The Bertz CT molecular complexity index is 644. The van der Waals surface area contributed by atoms with E-state index < -0.39 is 32.3 Å². The molecular formula is C13H16FNO4S. The molecule has 1 aromatic rings. The summed E-state index contributed by atoms with van der Waals surface area (Å²) in [6.07, 6.45) is 0.953. The largest absolute Gasteiger partial charge is 0.478 e. The van der Waals surface area contributed by atoms with Crippen molar-refractivity contribution in [2.45, 2.75) is 18.2 Å². The molecule has 1 aliphatic carbocycles. The molecule has 0 heterocycles. The fourth-order valence-corrected chi connectivity index (χ4v) is 3.55. The van der Waals surface area contributed by atoms with Crippen LogP contribution in [-0.4, -0.2) is 37.4 Å². The van der Waals surface area contributed by atoms with Crippen molar-refractivity contribution in [3.63, 3.8) is 0 Å². The zero-order chi connectivity index (χ0) is 15.1. The highest BCUT2D eigenvalue weighted by molar-refractivity contribution is 7.89. The van der Waals surface area contributed by atoms with Crippen molar-refractivity contribution in [2.24, 2.45) is 11.8 Å². The second kappa shape index (κ2) is 5.14. The van der Waals surface area contributed by atoms with Crippen molar-refractivity contribution in [3.05, 3.63) is 29.6 Å². The number of halogens is 1. The summed E-state index contributed by atoms with van der Waals surface area (Å²) in [5.74, 6) is -1.41. The predicted molar refractivity (Wildman–Crippen MR) is 70.4 cm³/mol. The molecule has 0 aliphatic heterocycles. The Kier molecular flexibility index (Phi) is 3.84. The molecule has 2 unspecified atom stereocenters. The first-order valence-electron chi connectivity index (χ1n) is 6.22. The molecule has 20 heavy (non-hydrogen) atoms. The molecule has 0 radical (unpaired) electrons. The van der Waals surface area contributed by atoms with Crippen LogP contribution in [0.5, 0.6) is 0 Å². The molecule has 0 bridgehead atoms. The highest BCUT2D eigenvalue weighted by atomic mass is 32.2. The summed E-state index contributed by atoms with van der Waals surface area (Å²) in [5.41, 5.74) is -0.415. The van der Waals surface area contributed by atoms with Crippen LogP contribution in [0.3, 0.4) is 0 Å². The van der Waals surface area contributed by atoms with Crippen molar-refractivity contribution < 1.29 is 22.7 Å². The second-order valence-corrected chi connectivity index (χ2v) is 7.22. The van der Waals surface area contributed by atoms with Gasteiger partial charge >= 0.3 is 5.97 Å². The number of benzene rings is 1. The Morgan fingerprint density at radius 3 is 2.60 bits per heavy atom. The fraction of sp³-hybridized carbons (Fsp3) is 0.462. The van der Waals surface area contributed by atoms with Crippen molar-refractivity contribution in [2.75, 3.05) is 13.6 Å². The minimum Gasteiger partial charge on any atom is -0.478 e. The Hall–Kier alpha value is -1.47. The molecule has 1 aromatic carbocycles. The highest BCUT2D eigenvalue weighted by Gasteiger charge is 2.37. The van der Waals surface area contributed by atoms with E-state index in [1.54, 1.807) is 0 Å². The summed E-state index contributed by atoms with van der Waals surface area (Å²) in [5, 5.41) is 9.03. The zero-order valence-electron chi connectivity index (χ0n) is 11.2. The molecule has 1 fully saturated rings. The van der Waals surface area contributed by atoms with Gasteiger partial charge in [0.2, 0.25) is 10.0 Å². The van der Waals surface area contributed by atoms with E-state index in [0.29, 0.717) is 12.5 Å². The minimum absolute atomic E-state index is 0.289. The minimum atomic E-state index is -4.00. The van der Waals surface area contributed by atoms with Gasteiger partial charge in [-0.3, -0.25) is 0 Å². The summed E-state index contributed by atoms with van der Waals surface area (Å²) in [7, 11) is -2.62. The van der Waals surface area contributed by atoms with E-state index in [4.69, 9.17) is 5.11 Å². The van der Waals surface area contributed by atoms with Crippen LogP contribution in [0.1, 0.15) is 23.7 Å². The monoisotopic (exact) mass is 301 g/mol. The van der Waals surface area contributed by atoms with Crippen molar-refractivity contribution >= 4 is 16.0 Å². The normalized spacial score (nSPS) is 22.0. The van der Waals surface area contributed by atoms with Crippen LogP contribution in [-0.2, 0) is 10.0 Å². The lowest BCUT2D eigenvalue weighted by atomic mass is 10.2. The topological polar surface area (TPSA) is 74.7 Å². The van der Waals surface area contributed by atoms with E-state index in [1.165, 1.54) is 7.05 Å². The Morgan fingerprint density at radius 1 is 1.50 bits per heavy atom. The standard InChI is InChI=1S/C13H16FNO4S/c1-8-5-9(8)7-15(2)20(18,19)12-6-10(14)3-4-11(12)13(16)17/h3-4,6,8-9H,5,7H2,1-2H3,(H,16,17). The number of nitrogens with zero attached hydrogens (tertiary/aromatic N) is 1. The van der Waals surface area contributed by atoms with E-state index >= 15 is 0 Å². The van der Waals surface area contributed by atoms with Gasteiger partial charge < -0.3 is 5.11 Å². The van der Waals surface area contributed by atoms with Crippen molar-refractivity contribution in [1.82, 2.24) is 4.31 Å². The van der Waals surface area contributed by atoms with Crippen LogP contribution in [0, 0.1) is 17.7 Å². The Balaban J connectivity index is 2.37. The van der Waals surface area contributed by atoms with E-state index in [2.05, 4.69) is 0 Å². The molecule has 1 N–H and O–H groups in total. The summed E-state index contributed by atoms with van der Waals surface area (Å²) >= 11 is 0. The number of carboxylic acids is 1. The fourth-order valence-electron chi connectivity index (χ4n) is 2.14. The molecule has 7 heteroatoms. The lowest BCUT2D eigenvalue weighted by Gasteiger charge is -2.18. The smallest absolute Gasteiger partial charge is 0.337 e. The number of hydrogen-bond donors (Lipinski definition) is 1. The summed E-state index contributed by atoms with van der Waals surface area (Å²) in [4.78, 5) is 10.6. The van der Waals surface area contributed by atoms with Gasteiger partial charge in [0.15, 0.2) is 0 Å². The Morgan fingerprint density at radius 2 is 2.10 bits per heavy atom. The summed E-state index contributed by atoms with van der Waals surface area (Å²) in [6, 6.07) is 2.66. The van der Waals surface area contributed by atoms with Crippen LogP contribution in [0.4, 0.5) is 4.39 Å². The number of hydrogen-bond acceptors (Lipinski definition) is 3. The molecule has 5 nitrogen and oxygen atoms in total. The summed E-state index contributed by atoms with van der Waals surface area (Å²) < 4.78 is 39.1. The maximum Gasteiger partial charge on any atom is 0.337 e. The second-order valence-electron chi connectivity index (χ2n) is 5.20. The van der Waals surface area contributed by atoms with Crippen molar-refractivity contribution in [3.8, 4) is 0 Å². The number of aromatic carboxylic acids is 1. The molecule has 0 aromatic heterocycles. The van der Waals surface area contributed by atoms with E-state index in [9.17, 15) is 17.6 Å². The molecule has 0 amide bonds. The molecule has 1 aliphatic rings. The van der Waals surface area contributed by atoms with Gasteiger partial charge in [-0.2, -0.15) is 0 Å². The third kappa shape index (κ3) is 2.83. The van der Waals surface area contributed by atoms with E-state index in [-0.39, 0.29) is 5.92 Å². The van der Waals surface area contributed by atoms with Crippen LogP contribution in [0.25, 0.3) is 0 Å². The predicted octanol–water partition coefficient (Wildman–Crippen LogP) is 1.80. The van der Waals surface area contributed by atoms with Gasteiger partial charge in [0.05, 0.1) is 10.5 Å². The van der Waals surface area contributed by atoms with Gasteiger partial charge in [-0.15, -0.1) is 0 Å². The van der Waals surface area contributed by atoms with Crippen LogP contribution < -0.4 is 0 Å². The average Bonchev–Trinajstić information content (AvgIpc) is 3.04. The maximum absolute atomic E-state index is 13.3. The first-order chi connectivity index (χ1) is 9.23. The molecular weight excluding hydrogens is 285 g/mol. The zero-order valence-corrected chi connectivity index (χ0v) is 12.0. The SMILES string of the molecule is CC1CC1CN(C)S(=O)(=O)c1cc(F)ccc1C(=O)O. The molecule has 1 saturated carbocycles. The lowest BCUT2D eigenvalue weighted by molar-refractivity contribution is 0.0692. The first kappa shape index (κ1) is 14.9. The van der Waals surface area contributed by atoms with E-state index in [0.717, 1.165) is 28.9 Å². The van der Waals surface area contributed by atoms with Crippen LogP contribution in [0.15, 0.2) is 23.1 Å². The number of sulfonamides is 1. The quantitative estimate of drug-likeness (QED) is 0.900. The van der Waals surface area contributed by atoms with Crippen molar-refractivity contribution in [1.29, 1.82) is 0 Å². The van der Waals surface area contributed by atoms with Gasteiger partial charge in [-0.05, 0) is 36.5 Å². The molecule has 0 spiro atoms. The maximum atomic E-state index is 13.3. The molecule has 0 saturated heterocycles. The summed E-state index contributed by atoms with van der Waals surface area (Å²) in [6.45, 7) is 2.34. The highest BCUT2D eigenvalue weighted by Crippen LogP contribution is 2.38.